The molecule has 0 spiro atoms. The Morgan fingerprint density at radius 1 is 0.903 bits per heavy atom. The van der Waals surface area contributed by atoms with Gasteiger partial charge >= 0.3 is 0 Å². The average molecular weight is 426 g/mol. The summed E-state index contributed by atoms with van der Waals surface area (Å²) in [5.74, 6) is 1.98. The Balaban J connectivity index is 1.36. The van der Waals surface area contributed by atoms with Crippen LogP contribution < -0.4 is 9.47 Å². The largest absolute Gasteiger partial charge is 0.494 e. The maximum absolute atomic E-state index is 11.7. The predicted molar refractivity (Wildman–Crippen MR) is 123 cm³/mol. The molecule has 0 N–H and O–H groups in total. The van der Waals surface area contributed by atoms with Crippen molar-refractivity contribution < 1.29 is 19.0 Å². The highest BCUT2D eigenvalue weighted by Gasteiger charge is 2.38. The first-order chi connectivity index (χ1) is 15.2. The van der Waals surface area contributed by atoms with Crippen LogP contribution in [0, 0.1) is 0 Å². The van der Waals surface area contributed by atoms with Gasteiger partial charge in [0.1, 0.15) is 30.0 Å². The van der Waals surface area contributed by atoms with Crippen LogP contribution in [0.3, 0.4) is 0 Å². The lowest BCUT2D eigenvalue weighted by molar-refractivity contribution is -0.119. The zero-order valence-corrected chi connectivity index (χ0v) is 18.8. The normalized spacial score (nSPS) is 17.4. The molecule has 1 saturated heterocycles. The fourth-order valence-corrected chi connectivity index (χ4v) is 3.51. The molecule has 2 heterocycles. The summed E-state index contributed by atoms with van der Waals surface area (Å²) in [6.07, 6.45) is 9.85. The Hall–Kier alpha value is -2.40. The second-order valence-electron chi connectivity index (χ2n) is 8.16. The summed E-state index contributed by atoms with van der Waals surface area (Å²) in [7, 11) is 0. The lowest BCUT2D eigenvalue weighted by Gasteiger charge is -2.08. The molecule has 5 heteroatoms. The number of unbranched alkanes of at least 4 members (excludes halogenated alkanes) is 2. The minimum atomic E-state index is 0.230. The van der Waals surface area contributed by atoms with Crippen LogP contribution in [-0.2, 0) is 9.53 Å². The van der Waals surface area contributed by atoms with Crippen molar-refractivity contribution >= 4 is 5.78 Å². The molecular weight excluding hydrogens is 390 g/mol. The van der Waals surface area contributed by atoms with Crippen LogP contribution in [0.15, 0.2) is 42.6 Å². The first kappa shape index (κ1) is 23.3. The molecule has 2 unspecified atom stereocenters. The maximum atomic E-state index is 11.7. The lowest BCUT2D eigenvalue weighted by atomic mass is 10.1. The van der Waals surface area contributed by atoms with Gasteiger partial charge in [0.25, 0.3) is 0 Å². The second kappa shape index (κ2) is 12.5. The summed E-state index contributed by atoms with van der Waals surface area (Å²) in [5, 5.41) is 0. The Morgan fingerprint density at radius 2 is 1.68 bits per heavy atom. The minimum Gasteiger partial charge on any atom is -0.494 e. The fourth-order valence-electron chi connectivity index (χ4n) is 3.51. The Bertz CT molecular complexity index is 788. The molecule has 0 saturated carbocycles. The molecular formula is C26H35NO4. The van der Waals surface area contributed by atoms with Gasteiger partial charge < -0.3 is 14.2 Å². The molecule has 2 atom stereocenters. The predicted octanol–water partition coefficient (Wildman–Crippen LogP) is 6.00. The molecule has 0 amide bonds. The van der Waals surface area contributed by atoms with Crippen LogP contribution in [0.4, 0.5) is 0 Å². The molecule has 1 aliphatic rings. The van der Waals surface area contributed by atoms with E-state index in [1.807, 2.05) is 36.4 Å². The highest BCUT2D eigenvalue weighted by molar-refractivity contribution is 5.78. The molecule has 0 bridgehead atoms. The van der Waals surface area contributed by atoms with Crippen molar-refractivity contribution in [1.82, 2.24) is 4.98 Å². The molecule has 3 rings (SSSR count). The van der Waals surface area contributed by atoms with Gasteiger partial charge in [0, 0.05) is 18.4 Å². The summed E-state index contributed by atoms with van der Waals surface area (Å²) < 4.78 is 17.2. The smallest absolute Gasteiger partial charge is 0.137 e. The Morgan fingerprint density at radius 3 is 2.39 bits per heavy atom. The van der Waals surface area contributed by atoms with Crippen molar-refractivity contribution in [3.05, 3.63) is 42.6 Å². The van der Waals surface area contributed by atoms with E-state index in [0.29, 0.717) is 37.9 Å². The summed E-state index contributed by atoms with van der Waals surface area (Å²) >= 11 is 0. The van der Waals surface area contributed by atoms with Crippen LogP contribution in [0.2, 0.25) is 0 Å². The highest BCUT2D eigenvalue weighted by atomic mass is 16.6. The number of pyridine rings is 1. The minimum absolute atomic E-state index is 0.230. The fraction of sp³-hybridized carbons (Fsp3) is 0.538. The third-order valence-corrected chi connectivity index (χ3v) is 5.49. The quantitative estimate of drug-likeness (QED) is 0.259. The van der Waals surface area contributed by atoms with Crippen LogP contribution in [0.1, 0.15) is 65.2 Å². The highest BCUT2D eigenvalue weighted by Crippen LogP contribution is 2.28. The van der Waals surface area contributed by atoms with Crippen molar-refractivity contribution in [3.63, 3.8) is 0 Å². The van der Waals surface area contributed by atoms with Crippen LogP contribution in [0.5, 0.6) is 11.5 Å². The topological polar surface area (TPSA) is 61.0 Å². The van der Waals surface area contributed by atoms with Gasteiger partial charge in [0.15, 0.2) is 0 Å². The maximum Gasteiger partial charge on any atom is 0.137 e. The number of carbonyl (C=O) groups is 1. The first-order valence-electron chi connectivity index (χ1n) is 11.7. The van der Waals surface area contributed by atoms with Gasteiger partial charge in [-0.15, -0.1) is 0 Å². The van der Waals surface area contributed by atoms with Gasteiger partial charge in [-0.2, -0.15) is 0 Å². The van der Waals surface area contributed by atoms with Crippen molar-refractivity contribution in [2.75, 3.05) is 13.2 Å². The van der Waals surface area contributed by atoms with Gasteiger partial charge in [-0.05, 0) is 62.1 Å². The zero-order chi connectivity index (χ0) is 21.9. The SMILES string of the molecule is CCCCC(=O)CCCCOc1ccc(-c2ccc(OCC3OC3CCC)cn2)cc1. The van der Waals surface area contributed by atoms with Crippen molar-refractivity contribution in [3.8, 4) is 22.8 Å². The van der Waals surface area contributed by atoms with Gasteiger partial charge in [-0.3, -0.25) is 9.78 Å². The molecule has 1 fully saturated rings. The molecule has 1 aromatic carbocycles. The van der Waals surface area contributed by atoms with Crippen molar-refractivity contribution in [2.45, 2.75) is 77.4 Å². The average Bonchev–Trinajstić information content (AvgIpc) is 3.55. The van der Waals surface area contributed by atoms with Crippen LogP contribution in [0.25, 0.3) is 11.3 Å². The van der Waals surface area contributed by atoms with Gasteiger partial charge in [0.05, 0.1) is 24.6 Å². The van der Waals surface area contributed by atoms with E-state index >= 15 is 0 Å². The van der Waals surface area contributed by atoms with Gasteiger partial charge in [0.2, 0.25) is 0 Å². The number of Topliss-reactive ketones (excluding diaryl/α,β-unsaturated/α-hetero) is 1. The number of ketones is 1. The number of carbonyl (C=O) groups excluding carboxylic acids is 1. The van der Waals surface area contributed by atoms with Gasteiger partial charge in [-0.1, -0.05) is 26.7 Å². The summed E-state index contributed by atoms with van der Waals surface area (Å²) in [5.41, 5.74) is 1.94. The third-order valence-electron chi connectivity index (χ3n) is 5.49. The number of hydrogen-bond acceptors (Lipinski definition) is 5. The lowest BCUT2D eigenvalue weighted by Crippen LogP contribution is -2.07. The standard InChI is InChI=1S/C26H35NO4/c1-3-5-9-21(28)10-6-7-17-29-22-13-11-20(12-14-22)24-16-15-23(18-27-24)30-19-26-25(31-26)8-4-2/h11-16,18,25-26H,3-10,17,19H2,1-2H3. The molecule has 168 valence electrons. The molecule has 1 aromatic heterocycles. The van der Waals surface area contributed by atoms with E-state index in [1.54, 1.807) is 6.20 Å². The number of hydrogen-bond donors (Lipinski definition) is 0. The molecule has 31 heavy (non-hydrogen) atoms. The third kappa shape index (κ3) is 7.98. The number of ether oxygens (including phenoxy) is 3. The Labute approximate surface area is 186 Å². The van der Waals surface area contributed by atoms with Crippen LogP contribution in [-0.4, -0.2) is 36.2 Å². The van der Waals surface area contributed by atoms with E-state index in [1.165, 1.54) is 0 Å². The number of benzene rings is 1. The number of nitrogens with zero attached hydrogens (tertiary/aromatic N) is 1. The molecule has 5 nitrogen and oxygen atoms in total. The monoisotopic (exact) mass is 425 g/mol. The van der Waals surface area contributed by atoms with Crippen LogP contribution >= 0.6 is 0 Å². The van der Waals surface area contributed by atoms with E-state index in [4.69, 9.17) is 14.2 Å². The van der Waals surface area contributed by atoms with Crippen molar-refractivity contribution in [2.24, 2.45) is 0 Å². The summed E-state index contributed by atoms with van der Waals surface area (Å²) in [6, 6.07) is 11.9. The first-order valence-corrected chi connectivity index (χ1v) is 11.7. The van der Waals surface area contributed by atoms with Crippen molar-refractivity contribution in [1.29, 1.82) is 0 Å². The van der Waals surface area contributed by atoms with E-state index in [0.717, 1.165) is 61.3 Å². The molecule has 0 radical (unpaired) electrons. The number of epoxide rings is 1. The Kier molecular flexibility index (Phi) is 9.35. The summed E-state index contributed by atoms with van der Waals surface area (Å²) in [4.78, 5) is 16.2. The molecule has 2 aromatic rings. The van der Waals surface area contributed by atoms with E-state index in [9.17, 15) is 4.79 Å². The summed E-state index contributed by atoms with van der Waals surface area (Å²) in [6.45, 7) is 5.50. The van der Waals surface area contributed by atoms with E-state index in [-0.39, 0.29) is 6.10 Å². The van der Waals surface area contributed by atoms with E-state index < -0.39 is 0 Å². The number of rotatable bonds is 15. The second-order valence-corrected chi connectivity index (χ2v) is 8.16. The van der Waals surface area contributed by atoms with E-state index in [2.05, 4.69) is 18.8 Å². The number of aromatic nitrogens is 1. The zero-order valence-electron chi connectivity index (χ0n) is 18.8. The molecule has 1 aliphatic heterocycles. The molecule has 0 aliphatic carbocycles. The van der Waals surface area contributed by atoms with Gasteiger partial charge in [-0.25, -0.2) is 0 Å².